The second kappa shape index (κ2) is 12.0. The molecule has 0 aromatic heterocycles. The zero-order valence-electron chi connectivity index (χ0n) is 20.9. The van der Waals surface area contributed by atoms with Crippen LogP contribution in [0.15, 0.2) is 46.9 Å². The van der Waals surface area contributed by atoms with Crippen LogP contribution >= 0.6 is 15.9 Å². The number of carbonyl (C=O) groups is 2. The molecule has 0 saturated heterocycles. The smallest absolute Gasteiger partial charge is 0.244 e. The third-order valence-corrected chi connectivity index (χ3v) is 7.60. The van der Waals surface area contributed by atoms with Gasteiger partial charge in [-0.2, -0.15) is 0 Å². The Hall–Kier alpha value is -2.79. The van der Waals surface area contributed by atoms with E-state index in [0.29, 0.717) is 24.7 Å². The number of fused-ring (bicyclic) bond motifs is 1. The Morgan fingerprint density at radius 2 is 1.69 bits per heavy atom. The maximum atomic E-state index is 13.6. The topological polar surface area (TPSA) is 105 Å². The van der Waals surface area contributed by atoms with Crippen LogP contribution in [0.2, 0.25) is 0 Å². The van der Waals surface area contributed by atoms with Crippen molar-refractivity contribution in [3.63, 3.8) is 0 Å². The number of hydrogen-bond acceptors (Lipinski definition) is 6. The van der Waals surface area contributed by atoms with E-state index in [9.17, 15) is 18.0 Å². The minimum atomic E-state index is -3.84. The molecule has 0 fully saturated rings. The fraction of sp³-hybridized carbons (Fsp3) is 0.440. The number of halogens is 1. The van der Waals surface area contributed by atoms with Crippen LogP contribution in [-0.4, -0.2) is 63.2 Å². The van der Waals surface area contributed by atoms with Crippen molar-refractivity contribution in [1.82, 2.24) is 10.2 Å². The highest BCUT2D eigenvalue weighted by Gasteiger charge is 2.31. The Morgan fingerprint density at radius 3 is 2.31 bits per heavy atom. The lowest BCUT2D eigenvalue weighted by atomic mass is 10.1. The number of nitrogens with one attached hydrogen (secondary N) is 1. The number of nitrogens with zero attached hydrogens (tertiary/aromatic N) is 2. The predicted octanol–water partition coefficient (Wildman–Crippen LogP) is 3.32. The molecule has 2 aromatic carbocycles. The zero-order valence-corrected chi connectivity index (χ0v) is 23.3. The first kappa shape index (κ1) is 27.8. The Kier molecular flexibility index (Phi) is 9.24. The van der Waals surface area contributed by atoms with Gasteiger partial charge in [-0.15, -0.1) is 0 Å². The minimum absolute atomic E-state index is 0.0604. The number of ether oxygens (including phenoxy) is 2. The summed E-state index contributed by atoms with van der Waals surface area (Å²) >= 11 is 3.40. The average molecular weight is 583 g/mol. The van der Waals surface area contributed by atoms with E-state index in [1.165, 1.54) is 4.90 Å². The molecular weight excluding hydrogens is 550 g/mol. The third kappa shape index (κ3) is 7.13. The summed E-state index contributed by atoms with van der Waals surface area (Å²) in [6.07, 6.45) is 1.78. The van der Waals surface area contributed by atoms with Crippen LogP contribution < -0.4 is 19.1 Å². The van der Waals surface area contributed by atoms with Gasteiger partial charge in [0, 0.05) is 23.1 Å². The molecule has 1 aliphatic heterocycles. The molecule has 1 aliphatic rings. The summed E-state index contributed by atoms with van der Waals surface area (Å²) < 4.78 is 38.5. The van der Waals surface area contributed by atoms with Crippen LogP contribution in [0.5, 0.6) is 11.5 Å². The molecule has 0 radical (unpaired) electrons. The van der Waals surface area contributed by atoms with Crippen LogP contribution in [0.3, 0.4) is 0 Å². The fourth-order valence-electron chi connectivity index (χ4n) is 3.64. The summed E-state index contributed by atoms with van der Waals surface area (Å²) in [6.45, 7) is 5.90. The van der Waals surface area contributed by atoms with Crippen molar-refractivity contribution in [2.24, 2.45) is 0 Å². The first-order valence-corrected chi connectivity index (χ1v) is 14.4. The number of carbonyl (C=O) groups excluding carboxylic acids is 2. The minimum Gasteiger partial charge on any atom is -0.486 e. The molecule has 2 amide bonds. The summed E-state index contributed by atoms with van der Waals surface area (Å²) in [5.41, 5.74) is 1.08. The summed E-state index contributed by atoms with van der Waals surface area (Å²) in [4.78, 5) is 28.0. The van der Waals surface area contributed by atoms with Gasteiger partial charge in [0.1, 0.15) is 25.8 Å². The molecule has 0 unspecified atom stereocenters. The van der Waals surface area contributed by atoms with Gasteiger partial charge in [0.25, 0.3) is 0 Å². The van der Waals surface area contributed by atoms with E-state index >= 15 is 0 Å². The fourth-order valence-corrected chi connectivity index (χ4v) is 4.74. The molecule has 0 aliphatic carbocycles. The number of hydrogen-bond donors (Lipinski definition) is 1. The van der Waals surface area contributed by atoms with Gasteiger partial charge in [0.15, 0.2) is 11.5 Å². The number of anilines is 1. The van der Waals surface area contributed by atoms with Crippen molar-refractivity contribution in [2.75, 3.05) is 30.3 Å². The summed E-state index contributed by atoms with van der Waals surface area (Å²) in [5.74, 6) is 0.106. The highest BCUT2D eigenvalue weighted by molar-refractivity contribution is 9.10. The first-order chi connectivity index (χ1) is 17.0. The molecule has 9 nitrogen and oxygen atoms in total. The van der Waals surface area contributed by atoms with Crippen LogP contribution in [0, 0.1) is 0 Å². The van der Waals surface area contributed by atoms with Gasteiger partial charge in [-0.05, 0) is 50.1 Å². The Bertz CT molecular complexity index is 1190. The Balaban J connectivity index is 1.91. The van der Waals surface area contributed by atoms with Crippen molar-refractivity contribution in [2.45, 2.75) is 45.8 Å². The van der Waals surface area contributed by atoms with Crippen LogP contribution in [0.25, 0.3) is 0 Å². The lowest BCUT2D eigenvalue weighted by Crippen LogP contribution is -2.52. The van der Waals surface area contributed by atoms with Gasteiger partial charge in [0.2, 0.25) is 21.8 Å². The maximum absolute atomic E-state index is 13.6. The third-order valence-electron chi connectivity index (χ3n) is 5.93. The number of amides is 2. The van der Waals surface area contributed by atoms with Gasteiger partial charge in [0.05, 0.1) is 11.9 Å². The van der Waals surface area contributed by atoms with Crippen molar-refractivity contribution in [3.05, 3.63) is 52.5 Å². The molecule has 0 saturated carbocycles. The van der Waals surface area contributed by atoms with E-state index in [1.807, 2.05) is 38.1 Å². The van der Waals surface area contributed by atoms with E-state index in [0.717, 1.165) is 27.0 Å². The Morgan fingerprint density at radius 1 is 1.06 bits per heavy atom. The molecule has 2 aromatic rings. The second-order valence-corrected chi connectivity index (χ2v) is 11.6. The average Bonchev–Trinajstić information content (AvgIpc) is 2.85. The van der Waals surface area contributed by atoms with E-state index in [2.05, 4.69) is 21.2 Å². The van der Waals surface area contributed by atoms with E-state index in [1.54, 1.807) is 25.1 Å². The summed E-state index contributed by atoms with van der Waals surface area (Å²) in [5, 5.41) is 2.91. The standard InChI is InChI=1S/C25H32BrN3O6S/c1-5-17(2)27-25(31)18(3)28(15-19-6-8-20(26)9-7-19)24(30)16-29(36(4,32)33)21-10-11-22-23(14-21)35-13-12-34-22/h6-11,14,17-18H,5,12-13,15-16H2,1-4H3,(H,27,31)/t17-,18+/m0/s1. The van der Waals surface area contributed by atoms with Gasteiger partial charge in [-0.25, -0.2) is 8.42 Å². The van der Waals surface area contributed by atoms with E-state index in [4.69, 9.17) is 9.47 Å². The van der Waals surface area contributed by atoms with Crippen molar-refractivity contribution >= 4 is 43.5 Å². The summed E-state index contributed by atoms with van der Waals surface area (Å²) in [7, 11) is -3.84. The van der Waals surface area contributed by atoms with Gasteiger partial charge < -0.3 is 19.7 Å². The quantitative estimate of drug-likeness (QED) is 0.461. The summed E-state index contributed by atoms with van der Waals surface area (Å²) in [6, 6.07) is 11.2. The molecule has 36 heavy (non-hydrogen) atoms. The Labute approximate surface area is 220 Å². The number of benzene rings is 2. The number of rotatable bonds is 10. The van der Waals surface area contributed by atoms with E-state index in [-0.39, 0.29) is 24.2 Å². The molecular formula is C25H32BrN3O6S. The molecule has 0 bridgehead atoms. The normalized spacial score (nSPS) is 14.5. The SMILES string of the molecule is CC[C@H](C)NC(=O)[C@@H](C)N(Cc1ccc(Br)cc1)C(=O)CN(c1ccc2c(c1)OCCO2)S(C)(=O)=O. The van der Waals surface area contributed by atoms with Gasteiger partial charge in [-0.1, -0.05) is 35.0 Å². The van der Waals surface area contributed by atoms with Crippen molar-refractivity contribution in [1.29, 1.82) is 0 Å². The first-order valence-electron chi connectivity index (χ1n) is 11.7. The van der Waals surface area contributed by atoms with Crippen molar-refractivity contribution < 1.29 is 27.5 Å². The molecule has 196 valence electrons. The van der Waals surface area contributed by atoms with Crippen LogP contribution in [0.4, 0.5) is 5.69 Å². The molecule has 1 N–H and O–H groups in total. The maximum Gasteiger partial charge on any atom is 0.244 e. The molecule has 0 spiro atoms. The lowest BCUT2D eigenvalue weighted by Gasteiger charge is -2.32. The second-order valence-electron chi connectivity index (χ2n) is 8.74. The largest absolute Gasteiger partial charge is 0.486 e. The highest BCUT2D eigenvalue weighted by Crippen LogP contribution is 2.34. The van der Waals surface area contributed by atoms with Crippen LogP contribution in [0.1, 0.15) is 32.8 Å². The molecule has 1 heterocycles. The molecule has 3 rings (SSSR count). The zero-order chi connectivity index (χ0) is 26.5. The van der Waals surface area contributed by atoms with Gasteiger partial charge in [-0.3, -0.25) is 13.9 Å². The molecule has 11 heteroatoms. The van der Waals surface area contributed by atoms with Crippen LogP contribution in [-0.2, 0) is 26.2 Å². The lowest BCUT2D eigenvalue weighted by molar-refractivity contribution is -0.139. The predicted molar refractivity (Wildman–Crippen MR) is 142 cm³/mol. The van der Waals surface area contributed by atoms with Crippen molar-refractivity contribution in [3.8, 4) is 11.5 Å². The number of sulfonamides is 1. The van der Waals surface area contributed by atoms with Gasteiger partial charge >= 0.3 is 0 Å². The highest BCUT2D eigenvalue weighted by atomic mass is 79.9. The monoisotopic (exact) mass is 581 g/mol. The van der Waals surface area contributed by atoms with E-state index < -0.39 is 28.5 Å². The molecule has 2 atom stereocenters.